The van der Waals surface area contributed by atoms with Crippen LogP contribution in [0, 0.1) is 13.8 Å². The molecule has 2 heteroatoms. The summed E-state index contributed by atoms with van der Waals surface area (Å²) in [7, 11) is 0. The van der Waals surface area contributed by atoms with Crippen molar-refractivity contribution in [3.63, 3.8) is 0 Å². The Bertz CT molecular complexity index is 342. The van der Waals surface area contributed by atoms with Crippen molar-refractivity contribution in [2.24, 2.45) is 0 Å². The van der Waals surface area contributed by atoms with Crippen molar-refractivity contribution in [1.82, 2.24) is 5.32 Å². The zero-order valence-electron chi connectivity index (χ0n) is 10.3. The molecular weight excluding hydrogens is 202 g/mol. The molecule has 0 spiro atoms. The highest BCUT2D eigenvalue weighted by atomic mass is 32.1. The lowest BCUT2D eigenvalue weighted by molar-refractivity contribution is 0.450. The van der Waals surface area contributed by atoms with Crippen LogP contribution in [-0.2, 0) is 0 Å². The Hall–Kier alpha value is -0.600. The largest absolute Gasteiger partial charge is 0.309 e. The van der Waals surface area contributed by atoms with Crippen molar-refractivity contribution >= 4 is 17.4 Å². The van der Waals surface area contributed by atoms with E-state index in [0.29, 0.717) is 0 Å². The van der Waals surface area contributed by atoms with Gasteiger partial charge in [-0.3, -0.25) is 0 Å². The zero-order valence-corrected chi connectivity index (χ0v) is 11.2. The van der Waals surface area contributed by atoms with Crippen molar-refractivity contribution in [3.05, 3.63) is 27.5 Å². The minimum Gasteiger partial charge on any atom is -0.309 e. The summed E-state index contributed by atoms with van der Waals surface area (Å²) in [6.07, 6.45) is 4.40. The second kappa shape index (κ2) is 4.95. The van der Waals surface area contributed by atoms with E-state index < -0.39 is 0 Å². The maximum atomic E-state index is 3.43. The predicted molar refractivity (Wildman–Crippen MR) is 70.6 cm³/mol. The third-order valence-electron chi connectivity index (χ3n) is 2.13. The van der Waals surface area contributed by atoms with Crippen LogP contribution in [0.15, 0.2) is 12.1 Å². The third kappa shape index (κ3) is 4.63. The maximum Gasteiger partial charge on any atom is 0.0143 e. The summed E-state index contributed by atoms with van der Waals surface area (Å²) >= 11 is 1.86. The van der Waals surface area contributed by atoms with Crippen LogP contribution in [0.5, 0.6) is 0 Å². The van der Waals surface area contributed by atoms with Gasteiger partial charge in [-0.05, 0) is 46.2 Å². The predicted octanol–water partition coefficient (Wildman–Crippen LogP) is 3.77. The maximum absolute atomic E-state index is 3.43. The molecule has 0 radical (unpaired) electrons. The number of hydrogen-bond donors (Lipinski definition) is 1. The highest BCUT2D eigenvalue weighted by Gasteiger charge is 2.05. The van der Waals surface area contributed by atoms with Crippen LogP contribution in [0.1, 0.15) is 36.1 Å². The fourth-order valence-electron chi connectivity index (χ4n) is 1.37. The van der Waals surface area contributed by atoms with Crippen molar-refractivity contribution < 1.29 is 0 Å². The average molecular weight is 223 g/mol. The molecule has 0 aliphatic carbocycles. The normalized spacial score (nSPS) is 12.6. The van der Waals surface area contributed by atoms with Gasteiger partial charge < -0.3 is 5.32 Å². The molecule has 0 aromatic carbocycles. The lowest BCUT2D eigenvalue weighted by Gasteiger charge is -2.18. The van der Waals surface area contributed by atoms with Gasteiger partial charge in [0.25, 0.3) is 0 Å². The van der Waals surface area contributed by atoms with E-state index in [1.54, 1.807) is 0 Å². The Morgan fingerprint density at radius 2 is 2.00 bits per heavy atom. The first-order valence-electron chi connectivity index (χ1n) is 5.37. The first-order valence-corrected chi connectivity index (χ1v) is 6.19. The zero-order chi connectivity index (χ0) is 11.5. The van der Waals surface area contributed by atoms with Gasteiger partial charge in [0.1, 0.15) is 0 Å². The number of nitrogens with one attached hydrogen (secondary N) is 1. The molecule has 1 nitrogen and oxygen atoms in total. The van der Waals surface area contributed by atoms with Crippen LogP contribution < -0.4 is 5.32 Å². The third-order valence-corrected chi connectivity index (χ3v) is 3.11. The van der Waals surface area contributed by atoms with Gasteiger partial charge in [-0.25, -0.2) is 0 Å². The molecule has 0 saturated carbocycles. The highest BCUT2D eigenvalue weighted by molar-refractivity contribution is 7.12. The lowest BCUT2D eigenvalue weighted by atomic mass is 10.1. The van der Waals surface area contributed by atoms with E-state index in [9.17, 15) is 0 Å². The SMILES string of the molecule is Cc1cc(C=CCNC(C)(C)C)c(C)s1. The van der Waals surface area contributed by atoms with Gasteiger partial charge in [0.15, 0.2) is 0 Å². The Labute approximate surface area is 97.2 Å². The Kier molecular flexibility index (Phi) is 4.12. The van der Waals surface area contributed by atoms with Crippen molar-refractivity contribution in [2.75, 3.05) is 6.54 Å². The Morgan fingerprint density at radius 1 is 1.33 bits per heavy atom. The molecule has 0 saturated heterocycles. The Balaban J connectivity index is 2.48. The van der Waals surface area contributed by atoms with Crippen molar-refractivity contribution in [3.8, 4) is 0 Å². The number of hydrogen-bond acceptors (Lipinski definition) is 2. The number of aryl methyl sites for hydroxylation is 2. The van der Waals surface area contributed by atoms with E-state index in [1.165, 1.54) is 15.3 Å². The molecule has 1 rings (SSSR count). The summed E-state index contributed by atoms with van der Waals surface area (Å²) < 4.78 is 0. The van der Waals surface area contributed by atoms with Gasteiger partial charge in [-0.15, -0.1) is 11.3 Å². The lowest BCUT2D eigenvalue weighted by Crippen LogP contribution is -2.35. The molecule has 84 valence electrons. The van der Waals surface area contributed by atoms with Crippen LogP contribution in [0.2, 0.25) is 0 Å². The molecule has 1 N–H and O–H groups in total. The van der Waals surface area contributed by atoms with Crippen LogP contribution >= 0.6 is 11.3 Å². The van der Waals surface area contributed by atoms with Gasteiger partial charge in [0.2, 0.25) is 0 Å². The summed E-state index contributed by atoms with van der Waals surface area (Å²) in [5.41, 5.74) is 1.55. The number of thiophene rings is 1. The average Bonchev–Trinajstić information content (AvgIpc) is 2.37. The van der Waals surface area contributed by atoms with Gasteiger partial charge in [-0.2, -0.15) is 0 Å². The van der Waals surface area contributed by atoms with Crippen LogP contribution in [0.4, 0.5) is 0 Å². The molecule has 0 unspecified atom stereocenters. The highest BCUT2D eigenvalue weighted by Crippen LogP contribution is 2.21. The summed E-state index contributed by atoms with van der Waals surface area (Å²) in [6.45, 7) is 11.8. The fourth-order valence-corrected chi connectivity index (χ4v) is 2.28. The molecule has 1 heterocycles. The molecule has 0 atom stereocenters. The quantitative estimate of drug-likeness (QED) is 0.822. The summed E-state index contributed by atoms with van der Waals surface area (Å²) in [5, 5.41) is 3.43. The summed E-state index contributed by atoms with van der Waals surface area (Å²) in [4.78, 5) is 2.79. The van der Waals surface area contributed by atoms with Crippen molar-refractivity contribution in [1.29, 1.82) is 0 Å². The second-order valence-electron chi connectivity index (χ2n) is 4.90. The van der Waals surface area contributed by atoms with E-state index in [1.807, 2.05) is 11.3 Å². The van der Waals surface area contributed by atoms with Gasteiger partial charge in [0.05, 0.1) is 0 Å². The molecule has 0 aliphatic heterocycles. The standard InChI is InChI=1S/C13H21NS/c1-10-9-12(11(2)15-10)7-6-8-14-13(3,4)5/h6-7,9,14H,8H2,1-5H3. The van der Waals surface area contributed by atoms with E-state index >= 15 is 0 Å². The molecule has 1 aromatic rings. The van der Waals surface area contributed by atoms with Crippen LogP contribution in [0.25, 0.3) is 6.08 Å². The van der Waals surface area contributed by atoms with Gasteiger partial charge >= 0.3 is 0 Å². The summed E-state index contributed by atoms with van der Waals surface area (Å²) in [5.74, 6) is 0. The Morgan fingerprint density at radius 3 is 2.47 bits per heavy atom. The first kappa shape index (κ1) is 12.5. The van der Waals surface area contributed by atoms with E-state index in [-0.39, 0.29) is 5.54 Å². The van der Waals surface area contributed by atoms with Crippen molar-refractivity contribution in [2.45, 2.75) is 40.2 Å². The van der Waals surface area contributed by atoms with Gasteiger partial charge in [0, 0.05) is 21.8 Å². The summed E-state index contributed by atoms with van der Waals surface area (Å²) in [6, 6.07) is 2.24. The van der Waals surface area contributed by atoms with E-state index in [0.717, 1.165) is 6.54 Å². The molecule has 0 fully saturated rings. The molecule has 0 bridgehead atoms. The first-order chi connectivity index (χ1) is 6.88. The molecule has 15 heavy (non-hydrogen) atoms. The van der Waals surface area contributed by atoms with Gasteiger partial charge in [-0.1, -0.05) is 12.2 Å². The molecule has 0 aliphatic rings. The van der Waals surface area contributed by atoms with Crippen LogP contribution in [-0.4, -0.2) is 12.1 Å². The number of rotatable bonds is 3. The monoisotopic (exact) mass is 223 g/mol. The second-order valence-corrected chi connectivity index (χ2v) is 6.36. The smallest absolute Gasteiger partial charge is 0.0143 e. The minimum atomic E-state index is 0.198. The van der Waals surface area contributed by atoms with E-state index in [4.69, 9.17) is 0 Å². The molecule has 1 aromatic heterocycles. The fraction of sp³-hybridized carbons (Fsp3) is 0.538. The van der Waals surface area contributed by atoms with E-state index in [2.05, 4.69) is 58.2 Å². The molecule has 0 amide bonds. The van der Waals surface area contributed by atoms with Crippen LogP contribution in [0.3, 0.4) is 0 Å². The topological polar surface area (TPSA) is 12.0 Å². The molecular formula is C13H21NS. The minimum absolute atomic E-state index is 0.198.